The quantitative estimate of drug-likeness (QED) is 0.340. The summed E-state index contributed by atoms with van der Waals surface area (Å²) in [5, 5.41) is 0.714. The Morgan fingerprint density at radius 2 is 2.24 bits per heavy atom. The van der Waals surface area contributed by atoms with Crippen LogP contribution < -0.4 is 11.3 Å². The van der Waals surface area contributed by atoms with E-state index < -0.39 is 0 Å². The van der Waals surface area contributed by atoms with Crippen molar-refractivity contribution in [1.82, 2.24) is 5.43 Å². The minimum absolute atomic E-state index is 0.139. The van der Waals surface area contributed by atoms with Crippen molar-refractivity contribution in [3.63, 3.8) is 0 Å². The number of nitrogens with two attached hydrogens (primary N) is 1. The molecule has 0 aliphatic carbocycles. The molecule has 1 amide bonds. The fourth-order valence-corrected chi connectivity index (χ4v) is 1.59. The maximum atomic E-state index is 10.8. The van der Waals surface area contributed by atoms with E-state index in [1.54, 1.807) is 0 Å². The summed E-state index contributed by atoms with van der Waals surface area (Å²) in [5.41, 5.74) is 3.15. The lowest BCUT2D eigenvalue weighted by atomic mass is 10.2. The molecule has 0 fully saturated rings. The van der Waals surface area contributed by atoms with Crippen LogP contribution in [0.4, 0.5) is 0 Å². The molecule has 1 aromatic rings. The van der Waals surface area contributed by atoms with Crippen LogP contribution in [-0.2, 0) is 16.1 Å². The zero-order chi connectivity index (χ0) is 12.5. The van der Waals surface area contributed by atoms with Gasteiger partial charge in [-0.2, -0.15) is 0 Å². The number of carbonyl (C=O) groups is 1. The lowest BCUT2D eigenvalue weighted by Gasteiger charge is -2.04. The summed E-state index contributed by atoms with van der Waals surface area (Å²) < 4.78 is 5.47. The minimum atomic E-state index is -0.139. The van der Waals surface area contributed by atoms with Crippen LogP contribution in [0.25, 0.3) is 0 Å². The van der Waals surface area contributed by atoms with Gasteiger partial charge in [-0.25, -0.2) is 5.84 Å². The first kappa shape index (κ1) is 14.0. The molecule has 0 atom stereocenters. The lowest BCUT2D eigenvalue weighted by Crippen LogP contribution is -2.29. The molecular formula is C12H17ClN2O2. The first-order valence-electron chi connectivity index (χ1n) is 5.54. The summed E-state index contributed by atoms with van der Waals surface area (Å²) in [6, 6.07) is 7.57. The van der Waals surface area contributed by atoms with Gasteiger partial charge in [0, 0.05) is 18.1 Å². The Hall–Kier alpha value is -1.10. The average molecular weight is 257 g/mol. The van der Waals surface area contributed by atoms with Gasteiger partial charge in [-0.3, -0.25) is 10.2 Å². The van der Waals surface area contributed by atoms with E-state index >= 15 is 0 Å². The molecule has 0 bridgehead atoms. The number of hydrogen-bond donors (Lipinski definition) is 2. The number of ether oxygens (including phenoxy) is 1. The van der Waals surface area contributed by atoms with Gasteiger partial charge in [0.25, 0.3) is 0 Å². The van der Waals surface area contributed by atoms with Crippen molar-refractivity contribution in [3.8, 4) is 0 Å². The maximum Gasteiger partial charge on any atom is 0.233 e. The SMILES string of the molecule is NNC(=O)CCCCOCc1cccc(Cl)c1. The van der Waals surface area contributed by atoms with Crippen LogP contribution in [0, 0.1) is 0 Å². The van der Waals surface area contributed by atoms with Crippen LogP contribution in [0.2, 0.25) is 5.02 Å². The van der Waals surface area contributed by atoms with E-state index in [-0.39, 0.29) is 5.91 Å². The molecule has 0 aliphatic rings. The van der Waals surface area contributed by atoms with Gasteiger partial charge in [0.2, 0.25) is 5.91 Å². The van der Waals surface area contributed by atoms with Gasteiger partial charge in [0.05, 0.1) is 6.61 Å². The molecule has 0 aromatic heterocycles. The summed E-state index contributed by atoms with van der Waals surface area (Å²) in [6.45, 7) is 1.17. The third kappa shape index (κ3) is 6.26. The third-order valence-corrected chi connectivity index (χ3v) is 2.50. The second-order valence-corrected chi connectivity index (χ2v) is 4.14. The van der Waals surface area contributed by atoms with Gasteiger partial charge in [-0.05, 0) is 30.5 Å². The molecule has 1 rings (SSSR count). The topological polar surface area (TPSA) is 64.3 Å². The van der Waals surface area contributed by atoms with Gasteiger partial charge in [0.15, 0.2) is 0 Å². The summed E-state index contributed by atoms with van der Waals surface area (Å²) in [5.74, 6) is 4.82. The van der Waals surface area contributed by atoms with Crippen molar-refractivity contribution in [3.05, 3.63) is 34.9 Å². The normalized spacial score (nSPS) is 10.2. The smallest absolute Gasteiger partial charge is 0.233 e. The number of unbranched alkanes of at least 4 members (excludes halogenated alkanes) is 1. The Bertz CT molecular complexity index is 358. The van der Waals surface area contributed by atoms with Gasteiger partial charge in [-0.15, -0.1) is 0 Å². The van der Waals surface area contributed by atoms with E-state index in [0.29, 0.717) is 24.7 Å². The molecule has 4 nitrogen and oxygen atoms in total. The third-order valence-electron chi connectivity index (χ3n) is 2.26. The lowest BCUT2D eigenvalue weighted by molar-refractivity contribution is -0.121. The minimum Gasteiger partial charge on any atom is -0.377 e. The molecule has 17 heavy (non-hydrogen) atoms. The molecule has 0 spiro atoms. The molecule has 0 unspecified atom stereocenters. The Morgan fingerprint density at radius 3 is 2.94 bits per heavy atom. The van der Waals surface area contributed by atoms with Gasteiger partial charge < -0.3 is 4.74 Å². The van der Waals surface area contributed by atoms with Crippen LogP contribution in [0.15, 0.2) is 24.3 Å². The standard InChI is InChI=1S/C12H17ClN2O2/c13-11-5-3-4-10(8-11)9-17-7-2-1-6-12(16)15-14/h3-5,8H,1-2,6-7,9,14H2,(H,15,16). The van der Waals surface area contributed by atoms with Crippen molar-refractivity contribution in [2.75, 3.05) is 6.61 Å². The Labute approximate surface area is 106 Å². The summed E-state index contributed by atoms with van der Waals surface area (Å²) in [7, 11) is 0. The molecule has 1 aromatic carbocycles. The monoisotopic (exact) mass is 256 g/mol. The number of halogens is 1. The second-order valence-electron chi connectivity index (χ2n) is 3.71. The summed E-state index contributed by atoms with van der Waals surface area (Å²) >= 11 is 5.85. The highest BCUT2D eigenvalue weighted by molar-refractivity contribution is 6.30. The van der Waals surface area contributed by atoms with Crippen molar-refractivity contribution in [2.45, 2.75) is 25.9 Å². The molecule has 5 heteroatoms. The van der Waals surface area contributed by atoms with Crippen LogP contribution in [0.3, 0.4) is 0 Å². The molecule has 0 radical (unpaired) electrons. The molecule has 0 saturated heterocycles. The Morgan fingerprint density at radius 1 is 1.41 bits per heavy atom. The fraction of sp³-hybridized carbons (Fsp3) is 0.417. The van der Waals surface area contributed by atoms with Crippen LogP contribution >= 0.6 is 11.6 Å². The van der Waals surface area contributed by atoms with Crippen molar-refractivity contribution >= 4 is 17.5 Å². The molecule has 3 N–H and O–H groups in total. The van der Waals surface area contributed by atoms with E-state index in [9.17, 15) is 4.79 Å². The van der Waals surface area contributed by atoms with Crippen LogP contribution in [-0.4, -0.2) is 12.5 Å². The van der Waals surface area contributed by atoms with Gasteiger partial charge in [0.1, 0.15) is 0 Å². The zero-order valence-electron chi connectivity index (χ0n) is 9.62. The first-order chi connectivity index (χ1) is 8.22. The Balaban J connectivity index is 2.06. The molecule has 94 valence electrons. The van der Waals surface area contributed by atoms with E-state index in [0.717, 1.165) is 18.4 Å². The van der Waals surface area contributed by atoms with Crippen LogP contribution in [0.5, 0.6) is 0 Å². The number of hydrazine groups is 1. The average Bonchev–Trinajstić information content (AvgIpc) is 2.33. The molecular weight excluding hydrogens is 240 g/mol. The van der Waals surface area contributed by atoms with Crippen molar-refractivity contribution in [2.24, 2.45) is 5.84 Å². The van der Waals surface area contributed by atoms with E-state index in [1.807, 2.05) is 24.3 Å². The highest BCUT2D eigenvalue weighted by atomic mass is 35.5. The van der Waals surface area contributed by atoms with Gasteiger partial charge >= 0.3 is 0 Å². The maximum absolute atomic E-state index is 10.8. The van der Waals surface area contributed by atoms with Crippen molar-refractivity contribution in [1.29, 1.82) is 0 Å². The summed E-state index contributed by atoms with van der Waals surface area (Å²) in [6.07, 6.45) is 2.06. The molecule has 0 saturated carbocycles. The predicted octanol–water partition coefficient (Wildman–Crippen LogP) is 2.02. The number of benzene rings is 1. The Kier molecular flexibility index (Phi) is 6.62. The highest BCUT2D eigenvalue weighted by Crippen LogP contribution is 2.11. The van der Waals surface area contributed by atoms with E-state index in [2.05, 4.69) is 5.43 Å². The number of amides is 1. The van der Waals surface area contributed by atoms with Crippen LogP contribution in [0.1, 0.15) is 24.8 Å². The number of rotatable bonds is 7. The van der Waals surface area contributed by atoms with E-state index in [4.69, 9.17) is 22.2 Å². The zero-order valence-corrected chi connectivity index (χ0v) is 10.4. The van der Waals surface area contributed by atoms with Gasteiger partial charge in [-0.1, -0.05) is 23.7 Å². The second kappa shape index (κ2) is 8.06. The van der Waals surface area contributed by atoms with E-state index in [1.165, 1.54) is 0 Å². The largest absolute Gasteiger partial charge is 0.377 e. The predicted molar refractivity (Wildman–Crippen MR) is 67.3 cm³/mol. The summed E-state index contributed by atoms with van der Waals surface area (Å²) in [4.78, 5) is 10.8. The number of carbonyl (C=O) groups excluding carboxylic acids is 1. The molecule has 0 aliphatic heterocycles. The number of hydrogen-bond acceptors (Lipinski definition) is 3. The van der Waals surface area contributed by atoms with Crippen molar-refractivity contribution < 1.29 is 9.53 Å². The molecule has 0 heterocycles. The first-order valence-corrected chi connectivity index (χ1v) is 5.92. The highest BCUT2D eigenvalue weighted by Gasteiger charge is 1.98. The fourth-order valence-electron chi connectivity index (χ4n) is 1.38. The number of nitrogens with one attached hydrogen (secondary N) is 1.